The number of nitrogen functional groups attached to an aromatic ring is 1. The third-order valence-electron chi connectivity index (χ3n) is 7.13. The van der Waals surface area contributed by atoms with Gasteiger partial charge in [-0.3, -0.25) is 19.8 Å². The van der Waals surface area contributed by atoms with Crippen molar-refractivity contribution < 1.29 is 19.1 Å². The summed E-state index contributed by atoms with van der Waals surface area (Å²) in [7, 11) is 1.40. The number of piperazine rings is 1. The molecule has 12 heteroatoms. The molecule has 2 amide bonds. The van der Waals surface area contributed by atoms with Crippen molar-refractivity contribution in [2.45, 2.75) is 38.6 Å². The molecule has 1 aliphatic heterocycles. The summed E-state index contributed by atoms with van der Waals surface area (Å²) < 4.78 is 4.87. The molecule has 1 aromatic carbocycles. The van der Waals surface area contributed by atoms with Crippen LogP contribution in [-0.4, -0.2) is 78.0 Å². The van der Waals surface area contributed by atoms with Gasteiger partial charge in [0.25, 0.3) is 5.91 Å². The lowest BCUT2D eigenvalue weighted by Gasteiger charge is -2.35. The van der Waals surface area contributed by atoms with Gasteiger partial charge < -0.3 is 25.6 Å². The van der Waals surface area contributed by atoms with E-state index in [9.17, 15) is 14.4 Å². The molecule has 204 valence electrons. The van der Waals surface area contributed by atoms with Crippen LogP contribution in [0.1, 0.15) is 48.5 Å². The highest BCUT2D eigenvalue weighted by atomic mass is 35.5. The largest absolute Gasteiger partial charge is 0.469 e. The van der Waals surface area contributed by atoms with Crippen LogP contribution < -0.4 is 16.0 Å². The van der Waals surface area contributed by atoms with E-state index in [4.69, 9.17) is 15.9 Å². The lowest BCUT2D eigenvalue weighted by Crippen LogP contribution is -2.49. The first-order valence-corrected chi connectivity index (χ1v) is 12.5. The molecule has 11 nitrogen and oxygen atoms in total. The van der Waals surface area contributed by atoms with Crippen LogP contribution in [0.4, 0.5) is 5.82 Å². The molecule has 1 aliphatic carbocycles. The monoisotopic (exact) mass is 543 g/mol. The molecular formula is C26H34ClN7O4. The third kappa shape index (κ3) is 6.58. The van der Waals surface area contributed by atoms with Crippen molar-refractivity contribution in [1.29, 1.82) is 5.41 Å². The van der Waals surface area contributed by atoms with Gasteiger partial charge in [-0.15, -0.1) is 22.6 Å². The van der Waals surface area contributed by atoms with Crippen molar-refractivity contribution >= 4 is 41.8 Å². The number of hydrogen-bond donors (Lipinski definition) is 3. The Balaban J connectivity index is 0.00000400. The van der Waals surface area contributed by atoms with E-state index in [0.717, 1.165) is 5.56 Å². The topological polar surface area (TPSA) is 155 Å². The average molecular weight is 544 g/mol. The molecule has 2 heterocycles. The molecule has 2 aromatic rings. The molecule has 4 rings (SSSR count). The van der Waals surface area contributed by atoms with Crippen molar-refractivity contribution in [3.63, 3.8) is 0 Å². The first kappa shape index (κ1) is 28.8. The van der Waals surface area contributed by atoms with Crippen LogP contribution in [0.2, 0.25) is 0 Å². The number of benzene rings is 1. The number of carbonyl (C=O) groups excluding carboxylic acids is 3. The highest BCUT2D eigenvalue weighted by Gasteiger charge is 2.30. The lowest BCUT2D eigenvalue weighted by atomic mass is 9.86. The number of nitrogens with zero attached hydrogens (tertiary/aromatic N) is 4. The zero-order valence-electron chi connectivity index (χ0n) is 21.6. The fourth-order valence-electron chi connectivity index (χ4n) is 4.88. The summed E-state index contributed by atoms with van der Waals surface area (Å²) in [5, 5.41) is 19.6. The number of anilines is 1. The molecule has 2 fully saturated rings. The quantitative estimate of drug-likeness (QED) is 0.284. The SMILES string of the molecule is COC(=O)C1CCC(NC(=O)c2cc(-c3ccc(C(=N)N)cc3)nnc2N2CCN(C(C)=O)CC2)CC1.Cl. The molecule has 0 radical (unpaired) electrons. The minimum Gasteiger partial charge on any atom is -0.469 e. The predicted molar refractivity (Wildman–Crippen MR) is 145 cm³/mol. The first-order chi connectivity index (χ1) is 17.8. The molecule has 1 saturated carbocycles. The van der Waals surface area contributed by atoms with Crippen molar-refractivity contribution in [1.82, 2.24) is 20.4 Å². The van der Waals surface area contributed by atoms with Crippen molar-refractivity contribution in [3.05, 3.63) is 41.5 Å². The molecule has 4 N–H and O–H groups in total. The van der Waals surface area contributed by atoms with Crippen LogP contribution in [0.15, 0.2) is 30.3 Å². The Kier molecular flexibility index (Phi) is 9.62. The Hall–Kier alpha value is -3.73. The lowest BCUT2D eigenvalue weighted by molar-refractivity contribution is -0.146. The minimum absolute atomic E-state index is 0. The van der Waals surface area contributed by atoms with Crippen LogP contribution >= 0.6 is 12.4 Å². The van der Waals surface area contributed by atoms with E-state index in [1.165, 1.54) is 7.11 Å². The number of rotatable bonds is 6. The number of hydrogen-bond acceptors (Lipinski definition) is 8. The van der Waals surface area contributed by atoms with Gasteiger partial charge in [0.15, 0.2) is 5.82 Å². The van der Waals surface area contributed by atoms with Crippen LogP contribution in [0.3, 0.4) is 0 Å². The van der Waals surface area contributed by atoms with Gasteiger partial charge in [-0.05, 0) is 31.7 Å². The second-order valence-electron chi connectivity index (χ2n) is 9.50. The number of nitrogens with two attached hydrogens (primary N) is 1. The Morgan fingerprint density at radius 3 is 2.21 bits per heavy atom. The summed E-state index contributed by atoms with van der Waals surface area (Å²) in [5.74, 6) is -0.0978. The van der Waals surface area contributed by atoms with Crippen LogP contribution in [0.5, 0.6) is 0 Å². The van der Waals surface area contributed by atoms with Gasteiger partial charge in [-0.1, -0.05) is 24.3 Å². The van der Waals surface area contributed by atoms with E-state index in [1.54, 1.807) is 42.2 Å². The van der Waals surface area contributed by atoms with Crippen LogP contribution in [-0.2, 0) is 14.3 Å². The maximum Gasteiger partial charge on any atom is 0.308 e. The summed E-state index contributed by atoms with van der Waals surface area (Å²) in [6.07, 6.45) is 2.71. The van der Waals surface area contributed by atoms with E-state index in [2.05, 4.69) is 15.5 Å². The molecule has 0 unspecified atom stereocenters. The molecule has 0 spiro atoms. The number of aromatic nitrogens is 2. The maximum atomic E-state index is 13.5. The van der Waals surface area contributed by atoms with E-state index >= 15 is 0 Å². The van der Waals surface area contributed by atoms with Gasteiger partial charge in [0, 0.05) is 50.3 Å². The van der Waals surface area contributed by atoms with E-state index in [-0.39, 0.29) is 48.0 Å². The summed E-state index contributed by atoms with van der Waals surface area (Å²) >= 11 is 0. The number of carbonyl (C=O) groups is 3. The second kappa shape index (κ2) is 12.7. The number of amides is 2. The normalized spacial score (nSPS) is 19.2. The summed E-state index contributed by atoms with van der Waals surface area (Å²) in [4.78, 5) is 40.9. The van der Waals surface area contributed by atoms with Crippen molar-refractivity contribution in [2.75, 3.05) is 38.2 Å². The Morgan fingerprint density at radius 1 is 1.03 bits per heavy atom. The van der Waals surface area contributed by atoms with Gasteiger partial charge >= 0.3 is 5.97 Å². The van der Waals surface area contributed by atoms with Crippen LogP contribution in [0.25, 0.3) is 11.3 Å². The third-order valence-corrected chi connectivity index (χ3v) is 7.13. The fraction of sp³-hybridized carbons (Fsp3) is 0.462. The van der Waals surface area contributed by atoms with E-state index in [1.807, 2.05) is 4.90 Å². The fourth-order valence-corrected chi connectivity index (χ4v) is 4.88. The zero-order chi connectivity index (χ0) is 26.5. The van der Waals surface area contributed by atoms with Gasteiger partial charge in [0.1, 0.15) is 5.84 Å². The summed E-state index contributed by atoms with van der Waals surface area (Å²) in [6, 6.07) is 8.73. The highest BCUT2D eigenvalue weighted by molar-refractivity contribution is 6.00. The van der Waals surface area contributed by atoms with Gasteiger partial charge in [-0.25, -0.2) is 0 Å². The number of ether oxygens (including phenoxy) is 1. The molecule has 38 heavy (non-hydrogen) atoms. The average Bonchev–Trinajstić information content (AvgIpc) is 2.92. The standard InChI is InChI=1S/C26H33N7O4.ClH/c1-16(34)32-11-13-33(14-12-32)24-21(25(35)29-20-9-7-19(8-10-20)26(36)37-2)15-22(30-31-24)17-3-5-18(6-4-17)23(27)28;/h3-6,15,19-20H,7-14H2,1-2H3,(H3,27,28)(H,29,35);1H. The second-order valence-corrected chi connectivity index (χ2v) is 9.50. The summed E-state index contributed by atoms with van der Waals surface area (Å²) in [6.45, 7) is 3.74. The Labute approximate surface area is 228 Å². The molecule has 0 bridgehead atoms. The number of methoxy groups -OCH3 is 1. The number of amidine groups is 1. The minimum atomic E-state index is -0.248. The number of esters is 1. The smallest absolute Gasteiger partial charge is 0.308 e. The Bertz CT molecular complexity index is 1170. The molecule has 2 aliphatic rings. The molecular weight excluding hydrogens is 510 g/mol. The number of halogens is 1. The van der Waals surface area contributed by atoms with Gasteiger partial charge in [0.05, 0.1) is 24.3 Å². The van der Waals surface area contributed by atoms with E-state index < -0.39 is 0 Å². The Morgan fingerprint density at radius 2 is 1.66 bits per heavy atom. The first-order valence-electron chi connectivity index (χ1n) is 12.5. The van der Waals surface area contributed by atoms with Crippen molar-refractivity contribution in [2.24, 2.45) is 11.7 Å². The molecule has 1 saturated heterocycles. The highest BCUT2D eigenvalue weighted by Crippen LogP contribution is 2.28. The van der Waals surface area contributed by atoms with Gasteiger partial charge in [-0.2, -0.15) is 0 Å². The molecule has 0 atom stereocenters. The van der Waals surface area contributed by atoms with Crippen molar-refractivity contribution in [3.8, 4) is 11.3 Å². The molecule has 1 aromatic heterocycles. The maximum absolute atomic E-state index is 13.5. The summed E-state index contributed by atoms with van der Waals surface area (Å²) in [5.41, 5.74) is 7.85. The zero-order valence-corrected chi connectivity index (χ0v) is 22.4. The predicted octanol–water partition coefficient (Wildman–Crippen LogP) is 1.98. The van der Waals surface area contributed by atoms with E-state index in [0.29, 0.717) is 74.5 Å². The van der Waals surface area contributed by atoms with Crippen LogP contribution in [0, 0.1) is 11.3 Å². The number of nitrogens with one attached hydrogen (secondary N) is 2. The van der Waals surface area contributed by atoms with Gasteiger partial charge in [0.2, 0.25) is 5.91 Å².